The van der Waals surface area contributed by atoms with Crippen LogP contribution in [-0.2, 0) is 11.3 Å². The SMILES string of the molecule is CCOC(=O)c1ccc(CNc2ccccc2-c2nc3ccccc3[nH]c2=O)o1. The molecule has 2 N–H and O–H groups in total. The van der Waals surface area contributed by atoms with Crippen molar-refractivity contribution in [1.29, 1.82) is 0 Å². The largest absolute Gasteiger partial charge is 0.460 e. The van der Waals surface area contributed by atoms with E-state index in [1.807, 2.05) is 48.5 Å². The van der Waals surface area contributed by atoms with E-state index in [9.17, 15) is 9.59 Å². The summed E-state index contributed by atoms with van der Waals surface area (Å²) in [7, 11) is 0. The monoisotopic (exact) mass is 389 g/mol. The van der Waals surface area contributed by atoms with Crippen molar-refractivity contribution in [3.8, 4) is 11.3 Å². The van der Waals surface area contributed by atoms with Crippen LogP contribution in [0.5, 0.6) is 0 Å². The molecule has 0 bridgehead atoms. The fraction of sp³-hybridized carbons (Fsp3) is 0.136. The zero-order valence-electron chi connectivity index (χ0n) is 15.8. The summed E-state index contributed by atoms with van der Waals surface area (Å²) in [5.41, 5.74) is 2.88. The molecule has 0 unspecified atom stereocenters. The van der Waals surface area contributed by atoms with Crippen molar-refractivity contribution < 1.29 is 13.9 Å². The zero-order chi connectivity index (χ0) is 20.2. The molecule has 0 radical (unpaired) electrons. The number of aromatic amines is 1. The Hall–Kier alpha value is -3.87. The van der Waals surface area contributed by atoms with Gasteiger partial charge < -0.3 is 19.5 Å². The van der Waals surface area contributed by atoms with E-state index in [1.54, 1.807) is 19.1 Å². The number of H-pyrrole nitrogens is 1. The molecule has 4 aromatic rings. The lowest BCUT2D eigenvalue weighted by Gasteiger charge is -2.11. The lowest BCUT2D eigenvalue weighted by atomic mass is 10.1. The smallest absolute Gasteiger partial charge is 0.374 e. The van der Waals surface area contributed by atoms with E-state index in [2.05, 4.69) is 15.3 Å². The second-order valence-corrected chi connectivity index (χ2v) is 6.32. The average Bonchev–Trinajstić information content (AvgIpc) is 3.21. The average molecular weight is 389 g/mol. The van der Waals surface area contributed by atoms with Gasteiger partial charge in [0.15, 0.2) is 0 Å². The molecule has 0 saturated carbocycles. The third kappa shape index (κ3) is 3.89. The van der Waals surface area contributed by atoms with Gasteiger partial charge in [-0.1, -0.05) is 30.3 Å². The number of rotatable bonds is 6. The Bertz CT molecular complexity index is 1230. The summed E-state index contributed by atoms with van der Waals surface area (Å²) in [5.74, 6) is 0.235. The maximum absolute atomic E-state index is 12.6. The first-order valence-electron chi connectivity index (χ1n) is 9.24. The second kappa shape index (κ2) is 8.02. The van der Waals surface area contributed by atoms with Gasteiger partial charge in [0.1, 0.15) is 11.5 Å². The van der Waals surface area contributed by atoms with Crippen LogP contribution in [0.2, 0.25) is 0 Å². The van der Waals surface area contributed by atoms with Crippen molar-refractivity contribution in [2.75, 3.05) is 11.9 Å². The molecule has 4 rings (SSSR count). The summed E-state index contributed by atoms with van der Waals surface area (Å²) in [6, 6.07) is 18.1. The van der Waals surface area contributed by atoms with E-state index in [0.29, 0.717) is 34.6 Å². The topological polar surface area (TPSA) is 97.2 Å². The van der Waals surface area contributed by atoms with Crippen molar-refractivity contribution in [1.82, 2.24) is 9.97 Å². The highest BCUT2D eigenvalue weighted by Crippen LogP contribution is 2.25. The summed E-state index contributed by atoms with van der Waals surface area (Å²) >= 11 is 0. The van der Waals surface area contributed by atoms with Crippen LogP contribution >= 0.6 is 0 Å². The van der Waals surface area contributed by atoms with E-state index in [0.717, 1.165) is 5.69 Å². The van der Waals surface area contributed by atoms with Gasteiger partial charge in [-0.15, -0.1) is 0 Å². The van der Waals surface area contributed by atoms with Crippen LogP contribution in [0, 0.1) is 0 Å². The van der Waals surface area contributed by atoms with Gasteiger partial charge in [-0.2, -0.15) is 0 Å². The standard InChI is InChI=1S/C22H19N3O4/c1-2-28-22(27)19-12-11-14(29-19)13-23-16-8-4-3-7-15(16)20-21(26)25-18-10-6-5-9-17(18)24-20/h3-12,23H,2,13H2,1H3,(H,25,26). The summed E-state index contributed by atoms with van der Waals surface area (Å²) in [5, 5.41) is 3.25. The van der Waals surface area contributed by atoms with Crippen molar-refractivity contribution in [3.05, 3.63) is 82.5 Å². The van der Waals surface area contributed by atoms with E-state index in [1.165, 1.54) is 0 Å². The number of hydrogen-bond donors (Lipinski definition) is 2. The van der Waals surface area contributed by atoms with Gasteiger partial charge in [0.05, 0.1) is 24.2 Å². The minimum atomic E-state index is -0.494. The number of esters is 1. The number of carbonyl (C=O) groups excluding carboxylic acids is 1. The van der Waals surface area contributed by atoms with Gasteiger partial charge in [-0.3, -0.25) is 4.79 Å². The maximum atomic E-state index is 12.6. The Kier molecular flexibility index (Phi) is 5.11. The molecule has 146 valence electrons. The fourth-order valence-corrected chi connectivity index (χ4v) is 3.02. The molecule has 0 aliphatic carbocycles. The number of carbonyl (C=O) groups is 1. The molecular formula is C22H19N3O4. The highest BCUT2D eigenvalue weighted by molar-refractivity contribution is 5.86. The Morgan fingerprint density at radius 3 is 2.76 bits per heavy atom. The second-order valence-electron chi connectivity index (χ2n) is 6.32. The molecule has 2 aromatic carbocycles. The Morgan fingerprint density at radius 2 is 1.90 bits per heavy atom. The van der Waals surface area contributed by atoms with E-state index >= 15 is 0 Å². The van der Waals surface area contributed by atoms with Crippen LogP contribution in [0.4, 0.5) is 5.69 Å². The highest BCUT2D eigenvalue weighted by atomic mass is 16.5. The van der Waals surface area contributed by atoms with Crippen LogP contribution in [-0.4, -0.2) is 22.5 Å². The molecule has 0 fully saturated rings. The first-order chi connectivity index (χ1) is 14.2. The van der Waals surface area contributed by atoms with Crippen LogP contribution in [0.1, 0.15) is 23.2 Å². The van der Waals surface area contributed by atoms with Gasteiger partial charge in [-0.05, 0) is 37.3 Å². The molecule has 2 heterocycles. The first kappa shape index (κ1) is 18.5. The molecule has 2 aromatic heterocycles. The number of fused-ring (bicyclic) bond motifs is 1. The van der Waals surface area contributed by atoms with Crippen molar-refractivity contribution in [3.63, 3.8) is 0 Å². The normalized spacial score (nSPS) is 10.8. The maximum Gasteiger partial charge on any atom is 0.374 e. The molecule has 0 aliphatic rings. The van der Waals surface area contributed by atoms with Gasteiger partial charge in [0.25, 0.3) is 5.56 Å². The molecule has 0 spiro atoms. The fourth-order valence-electron chi connectivity index (χ4n) is 3.02. The van der Waals surface area contributed by atoms with Gasteiger partial charge in [-0.25, -0.2) is 9.78 Å². The predicted molar refractivity (Wildman–Crippen MR) is 110 cm³/mol. The first-order valence-corrected chi connectivity index (χ1v) is 9.24. The predicted octanol–water partition coefficient (Wildman–Crippen LogP) is 3.97. The number of ether oxygens (including phenoxy) is 1. The van der Waals surface area contributed by atoms with Crippen molar-refractivity contribution >= 4 is 22.7 Å². The molecule has 0 atom stereocenters. The van der Waals surface area contributed by atoms with Crippen LogP contribution in [0.15, 0.2) is 69.9 Å². The van der Waals surface area contributed by atoms with E-state index < -0.39 is 5.97 Å². The van der Waals surface area contributed by atoms with Crippen molar-refractivity contribution in [2.45, 2.75) is 13.5 Å². The molecule has 7 heteroatoms. The molecule has 29 heavy (non-hydrogen) atoms. The van der Waals surface area contributed by atoms with E-state index in [4.69, 9.17) is 9.15 Å². The quantitative estimate of drug-likeness (QED) is 0.484. The van der Waals surface area contributed by atoms with Gasteiger partial charge in [0, 0.05) is 11.3 Å². The van der Waals surface area contributed by atoms with Crippen LogP contribution in [0.3, 0.4) is 0 Å². The molecule has 0 aliphatic heterocycles. The summed E-state index contributed by atoms with van der Waals surface area (Å²) in [4.78, 5) is 31.7. The minimum absolute atomic E-state index is 0.157. The Morgan fingerprint density at radius 1 is 1.10 bits per heavy atom. The number of nitrogens with zero attached hydrogens (tertiary/aromatic N) is 1. The third-order valence-corrected chi connectivity index (χ3v) is 4.37. The van der Waals surface area contributed by atoms with Gasteiger partial charge in [0.2, 0.25) is 5.76 Å². The number of aromatic nitrogens is 2. The summed E-state index contributed by atoms with van der Waals surface area (Å²) in [6.45, 7) is 2.36. The van der Waals surface area contributed by atoms with Crippen LogP contribution in [0.25, 0.3) is 22.3 Å². The molecule has 7 nitrogen and oxygen atoms in total. The number of nitrogens with one attached hydrogen (secondary N) is 2. The number of anilines is 1. The summed E-state index contributed by atoms with van der Waals surface area (Å²) in [6.07, 6.45) is 0. The zero-order valence-corrected chi connectivity index (χ0v) is 15.8. The molecule has 0 saturated heterocycles. The number of para-hydroxylation sites is 3. The van der Waals surface area contributed by atoms with Crippen LogP contribution < -0.4 is 10.9 Å². The molecule has 0 amide bonds. The summed E-state index contributed by atoms with van der Waals surface area (Å²) < 4.78 is 10.5. The number of benzene rings is 2. The lowest BCUT2D eigenvalue weighted by Crippen LogP contribution is -2.12. The highest BCUT2D eigenvalue weighted by Gasteiger charge is 2.14. The lowest BCUT2D eigenvalue weighted by molar-refractivity contribution is 0.0488. The number of furan rings is 1. The third-order valence-electron chi connectivity index (χ3n) is 4.37. The van der Waals surface area contributed by atoms with Gasteiger partial charge >= 0.3 is 5.97 Å². The van der Waals surface area contributed by atoms with E-state index in [-0.39, 0.29) is 17.9 Å². The van der Waals surface area contributed by atoms with Crippen molar-refractivity contribution in [2.24, 2.45) is 0 Å². The number of hydrogen-bond acceptors (Lipinski definition) is 6. The minimum Gasteiger partial charge on any atom is -0.460 e. The Labute approximate surface area is 166 Å². The Balaban J connectivity index is 1.61. The molecular weight excluding hydrogens is 370 g/mol.